The summed E-state index contributed by atoms with van der Waals surface area (Å²) in [6.45, 7) is 2.39. The number of alkyl halides is 2. The Morgan fingerprint density at radius 2 is 2.03 bits per heavy atom. The zero-order chi connectivity index (χ0) is 20.4. The van der Waals surface area contributed by atoms with E-state index in [2.05, 4.69) is 25.0 Å². The molecule has 3 aromatic rings. The van der Waals surface area contributed by atoms with Crippen LogP contribution in [-0.2, 0) is 17.9 Å². The SMILES string of the molecule is COCc1cc(N2CCC(Cn3cnc(C(F)F)cc3=O)CC2)n2ncnc2n1. The Labute approximate surface area is 165 Å². The molecule has 0 spiro atoms. The van der Waals surface area contributed by atoms with Crippen molar-refractivity contribution in [2.75, 3.05) is 25.1 Å². The van der Waals surface area contributed by atoms with Crippen molar-refractivity contribution in [1.29, 1.82) is 0 Å². The van der Waals surface area contributed by atoms with E-state index < -0.39 is 17.7 Å². The lowest BCUT2D eigenvalue weighted by atomic mass is 9.96. The van der Waals surface area contributed by atoms with E-state index in [4.69, 9.17) is 4.74 Å². The molecule has 1 fully saturated rings. The average Bonchev–Trinajstić information content (AvgIpc) is 3.18. The van der Waals surface area contributed by atoms with Crippen LogP contribution >= 0.6 is 0 Å². The number of hydrogen-bond donors (Lipinski definition) is 0. The first-order chi connectivity index (χ1) is 14.0. The minimum Gasteiger partial charge on any atom is -0.378 e. The number of hydrogen-bond acceptors (Lipinski definition) is 7. The number of fused-ring (bicyclic) bond motifs is 1. The molecule has 154 valence electrons. The van der Waals surface area contributed by atoms with Gasteiger partial charge in [-0.3, -0.25) is 9.36 Å². The van der Waals surface area contributed by atoms with Crippen LogP contribution in [0.5, 0.6) is 0 Å². The molecule has 4 rings (SSSR count). The van der Waals surface area contributed by atoms with E-state index >= 15 is 0 Å². The predicted octanol–water partition coefficient (Wildman–Crippen LogP) is 1.68. The summed E-state index contributed by atoms with van der Waals surface area (Å²) in [5.74, 6) is 1.68. The molecule has 1 saturated heterocycles. The average molecular weight is 405 g/mol. The van der Waals surface area contributed by atoms with E-state index in [9.17, 15) is 13.6 Å². The number of piperidine rings is 1. The number of methoxy groups -OCH3 is 1. The van der Waals surface area contributed by atoms with Crippen molar-refractivity contribution in [3.8, 4) is 0 Å². The van der Waals surface area contributed by atoms with E-state index in [1.807, 2.05) is 6.07 Å². The van der Waals surface area contributed by atoms with E-state index in [-0.39, 0.29) is 5.92 Å². The van der Waals surface area contributed by atoms with Gasteiger partial charge in [-0.1, -0.05) is 0 Å². The third kappa shape index (κ3) is 4.09. The topological polar surface area (TPSA) is 90.4 Å². The smallest absolute Gasteiger partial charge is 0.280 e. The molecule has 11 heteroatoms. The molecule has 1 aliphatic heterocycles. The molecule has 9 nitrogen and oxygen atoms in total. The highest BCUT2D eigenvalue weighted by Crippen LogP contribution is 2.25. The summed E-state index contributed by atoms with van der Waals surface area (Å²) in [7, 11) is 1.62. The molecular weight excluding hydrogens is 384 g/mol. The van der Waals surface area contributed by atoms with Crippen molar-refractivity contribution in [3.63, 3.8) is 0 Å². The molecule has 0 saturated carbocycles. The summed E-state index contributed by atoms with van der Waals surface area (Å²) in [6.07, 6.45) is 1.65. The maximum atomic E-state index is 12.7. The molecule has 0 aromatic carbocycles. The van der Waals surface area contributed by atoms with Gasteiger partial charge in [0.05, 0.1) is 18.6 Å². The summed E-state index contributed by atoms with van der Waals surface area (Å²) in [5, 5.41) is 4.26. The van der Waals surface area contributed by atoms with Gasteiger partial charge in [-0.2, -0.15) is 14.6 Å². The lowest BCUT2D eigenvalue weighted by molar-refractivity contribution is 0.145. The van der Waals surface area contributed by atoms with Gasteiger partial charge in [-0.25, -0.2) is 18.7 Å². The predicted molar refractivity (Wildman–Crippen MR) is 99.9 cm³/mol. The van der Waals surface area contributed by atoms with Crippen LogP contribution in [0, 0.1) is 5.92 Å². The van der Waals surface area contributed by atoms with E-state index in [1.54, 1.807) is 11.6 Å². The van der Waals surface area contributed by atoms with Crippen LogP contribution in [0.2, 0.25) is 0 Å². The standard InChI is InChI=1S/C18H21F2N7O2/c1-29-9-13-6-15(27-18(24-13)21-10-23-27)25-4-2-12(3-5-25)8-26-11-22-14(17(19)20)7-16(26)28/h6-7,10-12,17H,2-5,8-9H2,1H3. The summed E-state index contributed by atoms with van der Waals surface area (Å²) in [5.41, 5.74) is -0.148. The van der Waals surface area contributed by atoms with Crippen LogP contribution in [0.25, 0.3) is 5.78 Å². The van der Waals surface area contributed by atoms with Gasteiger partial charge < -0.3 is 9.64 Å². The van der Waals surface area contributed by atoms with Gasteiger partial charge in [-0.05, 0) is 18.8 Å². The lowest BCUT2D eigenvalue weighted by Crippen LogP contribution is -2.37. The first kappa shape index (κ1) is 19.4. The largest absolute Gasteiger partial charge is 0.378 e. The summed E-state index contributed by atoms with van der Waals surface area (Å²) in [6, 6.07) is 2.86. The number of halogens is 2. The molecule has 3 aromatic heterocycles. The zero-order valence-corrected chi connectivity index (χ0v) is 15.9. The van der Waals surface area contributed by atoms with Crippen LogP contribution in [0.1, 0.15) is 30.7 Å². The van der Waals surface area contributed by atoms with Crippen LogP contribution in [0.15, 0.2) is 29.6 Å². The first-order valence-electron chi connectivity index (χ1n) is 9.33. The third-order valence-electron chi connectivity index (χ3n) is 5.10. The van der Waals surface area contributed by atoms with Gasteiger partial charge in [0.25, 0.3) is 17.8 Å². The first-order valence-corrected chi connectivity index (χ1v) is 9.33. The Hall–Kier alpha value is -2.95. The molecule has 0 unspecified atom stereocenters. The Balaban J connectivity index is 1.45. The van der Waals surface area contributed by atoms with Crippen LogP contribution in [-0.4, -0.2) is 49.3 Å². The van der Waals surface area contributed by atoms with Gasteiger partial charge in [0.2, 0.25) is 0 Å². The van der Waals surface area contributed by atoms with Crippen LogP contribution < -0.4 is 10.5 Å². The number of aromatic nitrogens is 6. The van der Waals surface area contributed by atoms with Crippen molar-refractivity contribution in [2.24, 2.45) is 5.92 Å². The van der Waals surface area contributed by atoms with Gasteiger partial charge in [0, 0.05) is 38.9 Å². The minimum atomic E-state index is -2.74. The van der Waals surface area contributed by atoms with Gasteiger partial charge in [0.1, 0.15) is 17.8 Å². The lowest BCUT2D eigenvalue weighted by Gasteiger charge is -2.33. The maximum Gasteiger partial charge on any atom is 0.280 e. The Morgan fingerprint density at radius 1 is 1.24 bits per heavy atom. The molecule has 0 amide bonds. The fourth-order valence-electron chi connectivity index (χ4n) is 3.61. The highest BCUT2D eigenvalue weighted by Gasteiger charge is 2.23. The number of nitrogens with zero attached hydrogens (tertiary/aromatic N) is 7. The molecule has 0 N–H and O–H groups in total. The second-order valence-electron chi connectivity index (χ2n) is 7.05. The number of anilines is 1. The highest BCUT2D eigenvalue weighted by atomic mass is 19.3. The molecule has 0 atom stereocenters. The van der Waals surface area contributed by atoms with Crippen LogP contribution in [0.3, 0.4) is 0 Å². The maximum absolute atomic E-state index is 12.7. The summed E-state index contributed by atoms with van der Waals surface area (Å²) in [4.78, 5) is 26.6. The highest BCUT2D eigenvalue weighted by molar-refractivity contribution is 5.47. The van der Waals surface area contributed by atoms with Gasteiger partial charge in [-0.15, -0.1) is 0 Å². The van der Waals surface area contributed by atoms with Crippen molar-refractivity contribution in [1.82, 2.24) is 29.1 Å². The Bertz CT molecular complexity index is 1040. The van der Waals surface area contributed by atoms with Gasteiger partial charge >= 0.3 is 0 Å². The molecule has 1 aliphatic rings. The quantitative estimate of drug-likeness (QED) is 0.616. The summed E-state index contributed by atoms with van der Waals surface area (Å²) >= 11 is 0. The number of rotatable bonds is 6. The van der Waals surface area contributed by atoms with Gasteiger partial charge in [0.15, 0.2) is 0 Å². The van der Waals surface area contributed by atoms with Crippen LogP contribution in [0.4, 0.5) is 14.6 Å². The van der Waals surface area contributed by atoms with E-state index in [0.29, 0.717) is 18.9 Å². The Morgan fingerprint density at radius 3 is 2.72 bits per heavy atom. The van der Waals surface area contributed by atoms with Crippen molar-refractivity contribution in [3.05, 3.63) is 46.5 Å². The Kier molecular flexibility index (Phi) is 5.47. The number of ether oxygens (including phenoxy) is 1. The molecule has 0 bridgehead atoms. The fourth-order valence-corrected chi connectivity index (χ4v) is 3.61. The fraction of sp³-hybridized carbons (Fsp3) is 0.500. The summed E-state index contributed by atoms with van der Waals surface area (Å²) < 4.78 is 33.6. The van der Waals surface area contributed by atoms with Crippen molar-refractivity contribution < 1.29 is 13.5 Å². The van der Waals surface area contributed by atoms with Crippen molar-refractivity contribution >= 4 is 11.6 Å². The zero-order valence-electron chi connectivity index (χ0n) is 15.9. The third-order valence-corrected chi connectivity index (χ3v) is 5.10. The van der Waals surface area contributed by atoms with E-state index in [1.165, 1.54) is 17.2 Å². The van der Waals surface area contributed by atoms with E-state index in [0.717, 1.165) is 43.5 Å². The molecule has 29 heavy (non-hydrogen) atoms. The molecule has 0 aliphatic carbocycles. The molecule has 4 heterocycles. The molecular formula is C18H21F2N7O2. The molecule has 0 radical (unpaired) electrons. The second kappa shape index (κ2) is 8.19. The normalized spacial score (nSPS) is 15.5. The second-order valence-corrected chi connectivity index (χ2v) is 7.05. The minimum absolute atomic E-state index is 0.259. The van der Waals surface area contributed by atoms with Crippen molar-refractivity contribution in [2.45, 2.75) is 32.4 Å². The monoisotopic (exact) mass is 405 g/mol.